The van der Waals surface area contributed by atoms with Gasteiger partial charge >= 0.3 is 0 Å². The predicted octanol–water partition coefficient (Wildman–Crippen LogP) is 2.53. The third-order valence-electron chi connectivity index (χ3n) is 2.36. The maximum atomic E-state index is 9.51. The van der Waals surface area contributed by atoms with Crippen molar-refractivity contribution in [3.63, 3.8) is 0 Å². The van der Waals surface area contributed by atoms with E-state index in [1.807, 2.05) is 18.2 Å². The van der Waals surface area contributed by atoms with Crippen molar-refractivity contribution in [3.8, 4) is 5.75 Å². The first-order valence-electron chi connectivity index (χ1n) is 5.52. The second kappa shape index (κ2) is 7.67. The number of aromatic hydroxyl groups is 1. The lowest BCUT2D eigenvalue weighted by molar-refractivity contribution is 0.464. The summed E-state index contributed by atoms with van der Waals surface area (Å²) in [5.74, 6) is 0.384. The number of hydrogen-bond acceptors (Lipinski definition) is 2. The van der Waals surface area contributed by atoms with Gasteiger partial charge in [-0.1, -0.05) is 24.6 Å². The molecule has 0 heterocycles. The molecule has 1 rings (SSSR count). The van der Waals surface area contributed by atoms with E-state index in [1.165, 1.54) is 25.4 Å². The Bertz CT molecular complexity index is 278. The Labute approximate surface area is 94.3 Å². The van der Waals surface area contributed by atoms with Crippen molar-refractivity contribution in [1.82, 2.24) is 5.32 Å². The average molecular weight is 225 g/mol. The molecule has 1 aromatic carbocycles. The minimum atomic E-state index is 0.384. The molecule has 0 radical (unpaired) electrons. The van der Waals surface area contributed by atoms with E-state index in [2.05, 4.69) is 14.6 Å². The zero-order valence-corrected chi connectivity index (χ0v) is 10.2. The van der Waals surface area contributed by atoms with Gasteiger partial charge in [-0.05, 0) is 31.6 Å². The van der Waals surface area contributed by atoms with Crippen LogP contribution in [0.3, 0.4) is 0 Å². The van der Waals surface area contributed by atoms with Gasteiger partial charge in [0.15, 0.2) is 0 Å². The number of hydrogen-bond donors (Lipinski definition) is 2. The highest BCUT2D eigenvalue weighted by atomic mass is 31.0. The number of phenols is 1. The van der Waals surface area contributed by atoms with Gasteiger partial charge in [-0.25, -0.2) is 0 Å². The summed E-state index contributed by atoms with van der Waals surface area (Å²) >= 11 is 0. The average Bonchev–Trinajstić information content (AvgIpc) is 2.25. The topological polar surface area (TPSA) is 32.3 Å². The Morgan fingerprint density at radius 3 is 2.67 bits per heavy atom. The largest absolute Gasteiger partial charge is 0.508 e. The summed E-state index contributed by atoms with van der Waals surface area (Å²) in [6, 6.07) is 7.47. The maximum Gasteiger partial charge on any atom is 0.120 e. The predicted molar refractivity (Wildman–Crippen MR) is 68.2 cm³/mol. The van der Waals surface area contributed by atoms with Gasteiger partial charge < -0.3 is 10.4 Å². The van der Waals surface area contributed by atoms with Gasteiger partial charge in [0.1, 0.15) is 5.75 Å². The molecule has 0 aromatic heterocycles. The smallest absolute Gasteiger partial charge is 0.120 e. The van der Waals surface area contributed by atoms with Crippen molar-refractivity contribution in [1.29, 1.82) is 0 Å². The van der Waals surface area contributed by atoms with Gasteiger partial charge in [0.05, 0.1) is 0 Å². The van der Waals surface area contributed by atoms with Crippen molar-refractivity contribution in [2.45, 2.75) is 25.8 Å². The molecular weight excluding hydrogens is 205 g/mol. The first-order chi connectivity index (χ1) is 7.34. The summed E-state index contributed by atoms with van der Waals surface area (Å²) in [6.45, 7) is 1.78. The highest BCUT2D eigenvalue weighted by Crippen LogP contribution is 2.14. The molecule has 3 heteroatoms. The molecule has 0 amide bonds. The second-order valence-corrected chi connectivity index (χ2v) is 4.23. The molecule has 0 spiro atoms. The molecular formula is C12H20NOP. The molecule has 2 nitrogen and oxygen atoms in total. The van der Waals surface area contributed by atoms with Gasteiger partial charge in [0, 0.05) is 12.1 Å². The fourth-order valence-corrected chi connectivity index (χ4v) is 1.74. The number of benzene rings is 1. The highest BCUT2D eigenvalue weighted by molar-refractivity contribution is 7.16. The van der Waals surface area contributed by atoms with Crippen molar-refractivity contribution >= 4 is 9.24 Å². The Balaban J connectivity index is 2.12. The molecule has 2 N–H and O–H groups in total. The summed E-state index contributed by atoms with van der Waals surface area (Å²) in [5.41, 5.74) is 0.976. The van der Waals surface area contributed by atoms with E-state index in [4.69, 9.17) is 0 Å². The quantitative estimate of drug-likeness (QED) is 0.552. The molecule has 0 saturated carbocycles. The fourth-order valence-electron chi connectivity index (χ4n) is 1.45. The molecule has 0 aliphatic rings. The lowest BCUT2D eigenvalue weighted by atomic mass is 10.2. The lowest BCUT2D eigenvalue weighted by Gasteiger charge is -2.06. The number of para-hydroxylation sites is 1. The van der Waals surface area contributed by atoms with Crippen LogP contribution in [0.25, 0.3) is 0 Å². The minimum Gasteiger partial charge on any atom is -0.508 e. The summed E-state index contributed by atoms with van der Waals surface area (Å²) in [5, 5.41) is 12.8. The second-order valence-electron chi connectivity index (χ2n) is 3.65. The van der Waals surface area contributed by atoms with Crippen molar-refractivity contribution in [3.05, 3.63) is 29.8 Å². The Kier molecular flexibility index (Phi) is 6.38. The Morgan fingerprint density at radius 2 is 1.93 bits per heavy atom. The van der Waals surface area contributed by atoms with Crippen LogP contribution in [0.4, 0.5) is 0 Å². The Morgan fingerprint density at radius 1 is 1.13 bits per heavy atom. The zero-order valence-electron chi connectivity index (χ0n) is 9.08. The van der Waals surface area contributed by atoms with Crippen molar-refractivity contribution in [2.24, 2.45) is 0 Å². The molecule has 84 valence electrons. The standard InChI is InChI=1S/C12H20NOP/c14-12-7-3-2-6-11(12)10-13-8-4-1-5-9-15/h2-3,6-7,13-14H,1,4-5,8-10,15H2. The van der Waals surface area contributed by atoms with Gasteiger partial charge in [-0.2, -0.15) is 0 Å². The molecule has 1 atom stereocenters. The first kappa shape index (κ1) is 12.5. The van der Waals surface area contributed by atoms with Gasteiger partial charge in [0.25, 0.3) is 0 Å². The van der Waals surface area contributed by atoms with Crippen LogP contribution in [0, 0.1) is 0 Å². The van der Waals surface area contributed by atoms with Crippen LogP contribution >= 0.6 is 9.24 Å². The van der Waals surface area contributed by atoms with E-state index in [0.717, 1.165) is 18.7 Å². The van der Waals surface area contributed by atoms with Crippen LogP contribution in [0.5, 0.6) is 5.75 Å². The third-order valence-corrected chi connectivity index (χ3v) is 2.77. The molecule has 15 heavy (non-hydrogen) atoms. The molecule has 0 aliphatic carbocycles. The molecule has 1 aromatic rings. The number of nitrogens with one attached hydrogen (secondary N) is 1. The van der Waals surface area contributed by atoms with Gasteiger partial charge in [-0.3, -0.25) is 0 Å². The van der Waals surface area contributed by atoms with Crippen LogP contribution in [0.15, 0.2) is 24.3 Å². The molecule has 0 bridgehead atoms. The van der Waals surface area contributed by atoms with E-state index in [0.29, 0.717) is 5.75 Å². The van der Waals surface area contributed by atoms with Crippen LogP contribution < -0.4 is 5.32 Å². The molecule has 0 aliphatic heterocycles. The maximum absolute atomic E-state index is 9.51. The minimum absolute atomic E-state index is 0.384. The number of phenolic OH excluding ortho intramolecular Hbond substituents is 1. The first-order valence-corrected chi connectivity index (χ1v) is 6.34. The summed E-state index contributed by atoms with van der Waals surface area (Å²) < 4.78 is 0. The molecule has 1 unspecified atom stereocenters. The Hall–Kier alpha value is -0.590. The van der Waals surface area contributed by atoms with Crippen molar-refractivity contribution < 1.29 is 5.11 Å². The number of unbranched alkanes of at least 4 members (excludes halogenated alkanes) is 2. The molecule has 0 saturated heterocycles. The van der Waals surface area contributed by atoms with Gasteiger partial charge in [0.2, 0.25) is 0 Å². The monoisotopic (exact) mass is 225 g/mol. The summed E-state index contributed by atoms with van der Waals surface area (Å²) in [7, 11) is 2.75. The fraction of sp³-hybridized carbons (Fsp3) is 0.500. The summed E-state index contributed by atoms with van der Waals surface area (Å²) in [6.07, 6.45) is 4.96. The third kappa shape index (κ3) is 5.15. The van der Waals surface area contributed by atoms with E-state index < -0.39 is 0 Å². The van der Waals surface area contributed by atoms with E-state index in [9.17, 15) is 5.11 Å². The van der Waals surface area contributed by atoms with E-state index in [1.54, 1.807) is 6.07 Å². The highest BCUT2D eigenvalue weighted by Gasteiger charge is 1.97. The van der Waals surface area contributed by atoms with E-state index in [-0.39, 0.29) is 0 Å². The van der Waals surface area contributed by atoms with Crippen LogP contribution in [0.2, 0.25) is 0 Å². The SMILES string of the molecule is Oc1ccccc1CNCCCCCP. The van der Waals surface area contributed by atoms with Crippen molar-refractivity contribution in [2.75, 3.05) is 12.7 Å². The zero-order chi connectivity index (χ0) is 10.9. The lowest BCUT2D eigenvalue weighted by Crippen LogP contribution is -2.14. The van der Waals surface area contributed by atoms with E-state index >= 15 is 0 Å². The van der Waals surface area contributed by atoms with Crippen LogP contribution in [-0.2, 0) is 6.54 Å². The van der Waals surface area contributed by atoms with Gasteiger partial charge in [-0.15, -0.1) is 9.24 Å². The van der Waals surface area contributed by atoms with Crippen LogP contribution in [-0.4, -0.2) is 17.8 Å². The van der Waals surface area contributed by atoms with Crippen LogP contribution in [0.1, 0.15) is 24.8 Å². The number of rotatable bonds is 7. The molecule has 0 fully saturated rings. The normalized spacial score (nSPS) is 10.5. The summed E-state index contributed by atoms with van der Waals surface area (Å²) in [4.78, 5) is 0.